The first-order valence-electron chi connectivity index (χ1n) is 5.98. The molecule has 0 radical (unpaired) electrons. The minimum Gasteiger partial charge on any atom is -0.457 e. The van der Waals surface area contributed by atoms with E-state index in [9.17, 15) is 4.79 Å². The van der Waals surface area contributed by atoms with Crippen molar-refractivity contribution in [2.75, 3.05) is 7.11 Å². The minimum atomic E-state index is -0.606. The van der Waals surface area contributed by atoms with Gasteiger partial charge in [0, 0.05) is 0 Å². The molecule has 0 unspecified atom stereocenters. The van der Waals surface area contributed by atoms with Crippen molar-refractivity contribution < 1.29 is 14.3 Å². The number of hydrogen-bond acceptors (Lipinski definition) is 4. The number of nitrogens with zero attached hydrogens (tertiary/aromatic N) is 1. The zero-order valence-electron chi connectivity index (χ0n) is 10.9. The van der Waals surface area contributed by atoms with E-state index in [4.69, 9.17) is 4.74 Å². The zero-order chi connectivity index (χ0) is 14.2. The maximum Gasteiger partial charge on any atom is 0.427 e. The van der Waals surface area contributed by atoms with Crippen LogP contribution in [0.1, 0.15) is 5.56 Å². The summed E-state index contributed by atoms with van der Waals surface area (Å²) >= 11 is 0. The van der Waals surface area contributed by atoms with E-state index in [0.717, 1.165) is 17.1 Å². The van der Waals surface area contributed by atoms with Crippen molar-refractivity contribution in [1.29, 1.82) is 0 Å². The Kier molecular flexibility index (Phi) is 4.72. The Hall–Kier alpha value is -2.82. The average molecular weight is 270 g/mol. The summed E-state index contributed by atoms with van der Waals surface area (Å²) in [6.45, 7) is 0. The van der Waals surface area contributed by atoms with Gasteiger partial charge in [-0.3, -0.25) is 0 Å². The van der Waals surface area contributed by atoms with E-state index in [1.165, 1.54) is 13.3 Å². The van der Waals surface area contributed by atoms with Crippen LogP contribution in [0.25, 0.3) is 0 Å². The Balaban J connectivity index is 1.94. The second kappa shape index (κ2) is 6.94. The molecule has 0 aliphatic carbocycles. The van der Waals surface area contributed by atoms with Crippen molar-refractivity contribution in [3.05, 3.63) is 60.2 Å². The number of hydrogen-bond donors (Lipinski definition) is 1. The Bertz CT molecular complexity index is 580. The largest absolute Gasteiger partial charge is 0.457 e. The van der Waals surface area contributed by atoms with Gasteiger partial charge in [0.25, 0.3) is 0 Å². The van der Waals surface area contributed by atoms with Crippen LogP contribution in [0.15, 0.2) is 59.7 Å². The molecule has 2 aromatic rings. The van der Waals surface area contributed by atoms with Crippen molar-refractivity contribution in [1.82, 2.24) is 5.43 Å². The van der Waals surface area contributed by atoms with Gasteiger partial charge in [-0.2, -0.15) is 5.10 Å². The molecule has 0 spiro atoms. The van der Waals surface area contributed by atoms with Gasteiger partial charge >= 0.3 is 6.09 Å². The summed E-state index contributed by atoms with van der Waals surface area (Å²) in [5, 5.41) is 3.74. The Morgan fingerprint density at radius 1 is 1.05 bits per heavy atom. The number of amides is 1. The third kappa shape index (κ3) is 4.13. The quantitative estimate of drug-likeness (QED) is 0.685. The van der Waals surface area contributed by atoms with Gasteiger partial charge in [0.05, 0.1) is 13.3 Å². The van der Waals surface area contributed by atoms with Crippen molar-refractivity contribution >= 4 is 12.3 Å². The molecule has 0 fully saturated rings. The van der Waals surface area contributed by atoms with Crippen LogP contribution in [0.5, 0.6) is 11.5 Å². The molecule has 0 heterocycles. The van der Waals surface area contributed by atoms with E-state index in [2.05, 4.69) is 15.3 Å². The summed E-state index contributed by atoms with van der Waals surface area (Å²) in [7, 11) is 1.28. The van der Waals surface area contributed by atoms with E-state index < -0.39 is 6.09 Å². The average Bonchev–Trinajstić information content (AvgIpc) is 2.50. The normalized spacial score (nSPS) is 10.2. The molecular weight excluding hydrogens is 256 g/mol. The molecule has 0 saturated carbocycles. The molecule has 2 aromatic carbocycles. The smallest absolute Gasteiger partial charge is 0.427 e. The van der Waals surface area contributed by atoms with E-state index in [1.807, 2.05) is 54.6 Å². The summed E-state index contributed by atoms with van der Waals surface area (Å²) in [4.78, 5) is 10.8. The highest BCUT2D eigenvalue weighted by Gasteiger charge is 1.97. The van der Waals surface area contributed by atoms with Crippen molar-refractivity contribution in [2.45, 2.75) is 0 Å². The van der Waals surface area contributed by atoms with Crippen LogP contribution in [0.4, 0.5) is 4.79 Å². The first kappa shape index (κ1) is 13.6. The highest BCUT2D eigenvalue weighted by molar-refractivity contribution is 5.81. The predicted molar refractivity (Wildman–Crippen MR) is 76.1 cm³/mol. The number of ether oxygens (including phenoxy) is 2. The lowest BCUT2D eigenvalue weighted by Gasteiger charge is -2.05. The van der Waals surface area contributed by atoms with E-state index in [1.54, 1.807) is 0 Å². The van der Waals surface area contributed by atoms with Gasteiger partial charge in [0.2, 0.25) is 0 Å². The van der Waals surface area contributed by atoms with Gasteiger partial charge in [-0.25, -0.2) is 10.2 Å². The summed E-state index contributed by atoms with van der Waals surface area (Å²) in [5.74, 6) is 1.51. The van der Waals surface area contributed by atoms with Crippen LogP contribution in [0.2, 0.25) is 0 Å². The molecule has 20 heavy (non-hydrogen) atoms. The maximum absolute atomic E-state index is 10.8. The summed E-state index contributed by atoms with van der Waals surface area (Å²) in [5.41, 5.74) is 3.05. The summed E-state index contributed by atoms with van der Waals surface area (Å²) in [6.07, 6.45) is 0.911. The highest BCUT2D eigenvalue weighted by Crippen LogP contribution is 2.20. The molecule has 0 aromatic heterocycles. The van der Waals surface area contributed by atoms with Gasteiger partial charge in [-0.05, 0) is 42.0 Å². The Labute approximate surface area is 116 Å². The topological polar surface area (TPSA) is 59.9 Å². The third-order valence-corrected chi connectivity index (χ3v) is 2.41. The lowest BCUT2D eigenvalue weighted by Crippen LogP contribution is -2.16. The van der Waals surface area contributed by atoms with Crippen LogP contribution in [-0.2, 0) is 4.74 Å². The number of carbonyl (C=O) groups is 1. The van der Waals surface area contributed by atoms with E-state index in [0.29, 0.717) is 0 Å². The molecule has 0 aliphatic heterocycles. The molecule has 1 N–H and O–H groups in total. The maximum atomic E-state index is 10.8. The fourth-order valence-electron chi connectivity index (χ4n) is 1.45. The number of methoxy groups -OCH3 is 1. The van der Waals surface area contributed by atoms with Gasteiger partial charge < -0.3 is 9.47 Å². The fourth-order valence-corrected chi connectivity index (χ4v) is 1.45. The molecule has 2 rings (SSSR count). The van der Waals surface area contributed by atoms with Crippen LogP contribution in [-0.4, -0.2) is 19.4 Å². The summed E-state index contributed by atoms with van der Waals surface area (Å²) in [6, 6.07) is 16.8. The predicted octanol–water partition coefficient (Wildman–Crippen LogP) is 3.17. The van der Waals surface area contributed by atoms with E-state index >= 15 is 0 Å². The molecule has 1 amide bonds. The summed E-state index contributed by atoms with van der Waals surface area (Å²) < 4.78 is 10.0. The first-order chi connectivity index (χ1) is 9.78. The molecule has 5 heteroatoms. The number of carbonyl (C=O) groups excluding carboxylic acids is 1. The van der Waals surface area contributed by atoms with Crippen LogP contribution in [0, 0.1) is 0 Å². The second-order valence-corrected chi connectivity index (χ2v) is 3.85. The fraction of sp³-hybridized carbons (Fsp3) is 0.0667. The number of nitrogens with one attached hydrogen (secondary N) is 1. The van der Waals surface area contributed by atoms with Gasteiger partial charge in [0.15, 0.2) is 0 Å². The number of rotatable bonds is 4. The van der Waals surface area contributed by atoms with Gasteiger partial charge in [-0.1, -0.05) is 18.2 Å². The minimum absolute atomic E-state index is 0.606. The molecule has 0 aliphatic rings. The molecule has 0 atom stereocenters. The monoisotopic (exact) mass is 270 g/mol. The number of hydrazone groups is 1. The zero-order valence-corrected chi connectivity index (χ0v) is 10.9. The van der Waals surface area contributed by atoms with E-state index in [-0.39, 0.29) is 0 Å². The van der Waals surface area contributed by atoms with Crippen LogP contribution in [0.3, 0.4) is 0 Å². The molecular formula is C15H14N2O3. The number of benzene rings is 2. The molecule has 0 saturated heterocycles. The highest BCUT2D eigenvalue weighted by atomic mass is 16.5. The first-order valence-corrected chi connectivity index (χ1v) is 5.98. The lowest BCUT2D eigenvalue weighted by atomic mass is 10.2. The van der Waals surface area contributed by atoms with Gasteiger partial charge in [-0.15, -0.1) is 0 Å². The Morgan fingerprint density at radius 2 is 1.70 bits per heavy atom. The van der Waals surface area contributed by atoms with Crippen LogP contribution < -0.4 is 10.2 Å². The SMILES string of the molecule is COC(=O)N/N=C\c1ccc(Oc2ccccc2)cc1. The van der Waals surface area contributed by atoms with Crippen LogP contribution >= 0.6 is 0 Å². The molecule has 5 nitrogen and oxygen atoms in total. The Morgan fingerprint density at radius 3 is 2.35 bits per heavy atom. The van der Waals surface area contributed by atoms with Crippen molar-refractivity contribution in [3.63, 3.8) is 0 Å². The van der Waals surface area contributed by atoms with Crippen molar-refractivity contribution in [2.24, 2.45) is 5.10 Å². The lowest BCUT2D eigenvalue weighted by molar-refractivity contribution is 0.171. The molecule has 102 valence electrons. The van der Waals surface area contributed by atoms with Crippen molar-refractivity contribution in [3.8, 4) is 11.5 Å². The second-order valence-electron chi connectivity index (χ2n) is 3.85. The van der Waals surface area contributed by atoms with Gasteiger partial charge in [0.1, 0.15) is 11.5 Å². The number of para-hydroxylation sites is 1. The third-order valence-electron chi connectivity index (χ3n) is 2.41. The molecule has 0 bridgehead atoms. The standard InChI is InChI=1S/C15H14N2O3/c1-19-15(18)17-16-11-12-7-9-14(10-8-12)20-13-5-3-2-4-6-13/h2-11H,1H3,(H,17,18)/b16-11-.